The normalized spacial score (nSPS) is 9.08. The lowest BCUT2D eigenvalue weighted by Crippen LogP contribution is -1.88. The molecule has 1 aromatic rings. The largest absolute Gasteiger partial charge is 0.463 e. The summed E-state index contributed by atoms with van der Waals surface area (Å²) in [5.41, 5.74) is 0.875. The molecule has 0 unspecified atom stereocenters. The maximum absolute atomic E-state index is 5.21. The molecule has 1 aromatic heterocycles. The fourth-order valence-electron chi connectivity index (χ4n) is 0.797. The van der Waals surface area contributed by atoms with Crippen molar-refractivity contribution in [1.82, 2.24) is 4.98 Å². The summed E-state index contributed by atoms with van der Waals surface area (Å²) in [7, 11) is 0. The van der Waals surface area contributed by atoms with E-state index in [1.165, 1.54) is 0 Å². The highest BCUT2D eigenvalue weighted by Crippen LogP contribution is 2.14. The lowest BCUT2D eigenvalue weighted by molar-refractivity contribution is 0.388. The third kappa shape index (κ3) is 2.23. The Bertz CT molecular complexity index is 290. The number of pyridine rings is 1. The molecule has 0 amide bonds. The van der Waals surface area contributed by atoms with E-state index in [4.69, 9.17) is 4.74 Å². The van der Waals surface area contributed by atoms with E-state index < -0.39 is 0 Å². The molecule has 0 N–H and O–H groups in total. The van der Waals surface area contributed by atoms with Gasteiger partial charge in [0, 0.05) is 18.0 Å². The van der Waals surface area contributed by atoms with Crippen molar-refractivity contribution in [3.63, 3.8) is 0 Å². The molecule has 0 saturated heterocycles. The summed E-state index contributed by atoms with van der Waals surface area (Å²) in [6.07, 6.45) is 3.41. The van der Waals surface area contributed by atoms with E-state index in [2.05, 4.69) is 18.1 Å². The lowest BCUT2D eigenvalue weighted by atomic mass is 10.2. The van der Waals surface area contributed by atoms with E-state index in [1.807, 2.05) is 12.1 Å². The standard InChI is InChI=1S/C10H11NO/c1-8(2)12-9(3)10-5-4-6-11-7-10/h4-7H,1,3H2,2H3. The SMILES string of the molecule is C=C(C)OC(=C)c1cccnc1. The number of hydrogen-bond donors (Lipinski definition) is 0. The van der Waals surface area contributed by atoms with Gasteiger partial charge in [0.15, 0.2) is 0 Å². The van der Waals surface area contributed by atoms with Gasteiger partial charge in [0.2, 0.25) is 0 Å². The maximum Gasteiger partial charge on any atom is 0.128 e. The maximum atomic E-state index is 5.21. The topological polar surface area (TPSA) is 22.1 Å². The van der Waals surface area contributed by atoms with Gasteiger partial charge in [-0.25, -0.2) is 0 Å². The van der Waals surface area contributed by atoms with Crippen LogP contribution in [0.15, 0.2) is 43.4 Å². The average molecular weight is 161 g/mol. The highest BCUT2D eigenvalue weighted by Gasteiger charge is 1.98. The van der Waals surface area contributed by atoms with Gasteiger partial charge in [-0.1, -0.05) is 13.2 Å². The van der Waals surface area contributed by atoms with Crippen LogP contribution in [0.5, 0.6) is 0 Å². The van der Waals surface area contributed by atoms with Gasteiger partial charge in [0.25, 0.3) is 0 Å². The van der Waals surface area contributed by atoms with Gasteiger partial charge in [0.1, 0.15) is 5.76 Å². The van der Waals surface area contributed by atoms with E-state index in [1.54, 1.807) is 19.3 Å². The first-order valence-electron chi connectivity index (χ1n) is 3.63. The minimum atomic E-state index is 0.579. The Morgan fingerprint density at radius 2 is 2.25 bits per heavy atom. The molecule has 12 heavy (non-hydrogen) atoms. The zero-order valence-electron chi connectivity index (χ0n) is 7.08. The third-order valence-electron chi connectivity index (χ3n) is 1.28. The molecule has 0 bridgehead atoms. The molecule has 62 valence electrons. The average Bonchev–Trinajstić information content (AvgIpc) is 2.05. The summed E-state index contributed by atoms with van der Waals surface area (Å²) < 4.78 is 5.21. The minimum absolute atomic E-state index is 0.579. The summed E-state index contributed by atoms with van der Waals surface area (Å²) in [6, 6.07) is 3.72. The van der Waals surface area contributed by atoms with E-state index in [0.717, 1.165) is 5.56 Å². The molecule has 0 atom stereocenters. The highest BCUT2D eigenvalue weighted by atomic mass is 16.5. The number of aromatic nitrogens is 1. The van der Waals surface area contributed by atoms with Crippen molar-refractivity contribution in [1.29, 1.82) is 0 Å². The Morgan fingerprint density at radius 1 is 1.50 bits per heavy atom. The first kappa shape index (κ1) is 8.53. The summed E-state index contributed by atoms with van der Waals surface area (Å²) >= 11 is 0. The molecule has 0 saturated carbocycles. The van der Waals surface area contributed by atoms with Crippen molar-refractivity contribution in [2.45, 2.75) is 6.92 Å². The predicted octanol–water partition coefficient (Wildman–Crippen LogP) is 2.60. The Labute approximate surface area is 72.2 Å². The molecule has 0 radical (unpaired) electrons. The van der Waals surface area contributed by atoms with Crippen molar-refractivity contribution < 1.29 is 4.74 Å². The van der Waals surface area contributed by atoms with Gasteiger partial charge in [-0.2, -0.15) is 0 Å². The number of rotatable bonds is 3. The van der Waals surface area contributed by atoms with E-state index in [0.29, 0.717) is 11.5 Å². The van der Waals surface area contributed by atoms with Crippen LogP contribution in [0.25, 0.3) is 5.76 Å². The predicted molar refractivity (Wildman–Crippen MR) is 49.2 cm³/mol. The zero-order valence-corrected chi connectivity index (χ0v) is 7.08. The van der Waals surface area contributed by atoms with E-state index in [9.17, 15) is 0 Å². The minimum Gasteiger partial charge on any atom is -0.463 e. The van der Waals surface area contributed by atoms with Crippen LogP contribution in [0, 0.1) is 0 Å². The highest BCUT2D eigenvalue weighted by molar-refractivity contribution is 5.56. The van der Waals surface area contributed by atoms with Crippen molar-refractivity contribution in [3.05, 3.63) is 49.0 Å². The molecular formula is C10H11NO. The lowest BCUT2D eigenvalue weighted by Gasteiger charge is -2.06. The molecule has 0 aromatic carbocycles. The number of hydrogen-bond acceptors (Lipinski definition) is 2. The van der Waals surface area contributed by atoms with Gasteiger partial charge in [-0.15, -0.1) is 0 Å². The molecule has 0 aliphatic heterocycles. The van der Waals surface area contributed by atoms with Gasteiger partial charge >= 0.3 is 0 Å². The van der Waals surface area contributed by atoms with Crippen molar-refractivity contribution in [2.75, 3.05) is 0 Å². The quantitative estimate of drug-likeness (QED) is 0.636. The molecular weight excluding hydrogens is 150 g/mol. The smallest absolute Gasteiger partial charge is 0.128 e. The Morgan fingerprint density at radius 3 is 2.75 bits per heavy atom. The second kappa shape index (κ2) is 3.72. The number of nitrogens with zero attached hydrogens (tertiary/aromatic N) is 1. The summed E-state index contributed by atoms with van der Waals surface area (Å²) in [6.45, 7) is 9.14. The second-order valence-electron chi connectivity index (χ2n) is 2.47. The molecule has 2 nitrogen and oxygen atoms in total. The van der Waals surface area contributed by atoms with Crippen molar-refractivity contribution >= 4 is 5.76 Å². The van der Waals surface area contributed by atoms with Gasteiger partial charge in [-0.05, 0) is 19.1 Å². The molecule has 2 heteroatoms. The first-order valence-corrected chi connectivity index (χ1v) is 3.63. The van der Waals surface area contributed by atoms with Crippen molar-refractivity contribution in [3.8, 4) is 0 Å². The first-order chi connectivity index (χ1) is 5.70. The fraction of sp³-hybridized carbons (Fsp3) is 0.100. The van der Waals surface area contributed by atoms with Crippen LogP contribution in [-0.2, 0) is 4.74 Å². The molecule has 1 heterocycles. The monoisotopic (exact) mass is 161 g/mol. The molecule has 0 spiro atoms. The molecule has 0 aliphatic rings. The third-order valence-corrected chi connectivity index (χ3v) is 1.28. The van der Waals surface area contributed by atoms with Crippen molar-refractivity contribution in [2.24, 2.45) is 0 Å². The van der Waals surface area contributed by atoms with Crippen LogP contribution >= 0.6 is 0 Å². The van der Waals surface area contributed by atoms with Crippen LogP contribution < -0.4 is 0 Å². The van der Waals surface area contributed by atoms with Crippen LogP contribution in [0.4, 0.5) is 0 Å². The number of allylic oxidation sites excluding steroid dienone is 1. The summed E-state index contributed by atoms with van der Waals surface area (Å²) in [5, 5.41) is 0. The number of ether oxygens (including phenoxy) is 1. The Kier molecular flexibility index (Phi) is 2.64. The van der Waals surface area contributed by atoms with Gasteiger partial charge in [-0.3, -0.25) is 4.98 Å². The Hall–Kier alpha value is -1.57. The van der Waals surface area contributed by atoms with Crippen LogP contribution in [0.2, 0.25) is 0 Å². The van der Waals surface area contributed by atoms with E-state index >= 15 is 0 Å². The van der Waals surface area contributed by atoms with E-state index in [-0.39, 0.29) is 0 Å². The van der Waals surface area contributed by atoms with Crippen LogP contribution in [-0.4, -0.2) is 4.98 Å². The van der Waals surface area contributed by atoms with Gasteiger partial charge in [0.05, 0.1) is 5.76 Å². The zero-order chi connectivity index (χ0) is 8.97. The fourth-order valence-corrected chi connectivity index (χ4v) is 0.797. The van der Waals surface area contributed by atoms with Gasteiger partial charge < -0.3 is 4.74 Å². The Balaban J connectivity index is 2.73. The molecule has 0 fully saturated rings. The second-order valence-corrected chi connectivity index (χ2v) is 2.47. The molecule has 0 aliphatic carbocycles. The molecule has 1 rings (SSSR count). The van der Waals surface area contributed by atoms with Crippen LogP contribution in [0.1, 0.15) is 12.5 Å². The summed E-state index contributed by atoms with van der Waals surface area (Å²) in [4.78, 5) is 3.94. The van der Waals surface area contributed by atoms with Crippen LogP contribution in [0.3, 0.4) is 0 Å². The summed E-state index contributed by atoms with van der Waals surface area (Å²) in [5.74, 6) is 1.21.